The van der Waals surface area contributed by atoms with E-state index in [1.165, 1.54) is 51.4 Å². The summed E-state index contributed by atoms with van der Waals surface area (Å²) < 4.78 is 0. The van der Waals surface area contributed by atoms with Gasteiger partial charge in [0.1, 0.15) is 0 Å². The molecule has 0 N–H and O–H groups in total. The fourth-order valence-corrected chi connectivity index (χ4v) is 3.01. The molecule has 0 spiro atoms. The average molecular weight is 230 g/mol. The van der Waals surface area contributed by atoms with Crippen molar-refractivity contribution >= 4 is 0 Å². The molecule has 0 nitrogen and oxygen atoms in total. The molecule has 1 unspecified atom stereocenters. The summed E-state index contributed by atoms with van der Waals surface area (Å²) in [7, 11) is 0. The maximum atomic E-state index is 2.49. The van der Waals surface area contributed by atoms with Crippen molar-refractivity contribution in [1.29, 1.82) is 0 Å². The molecule has 0 radical (unpaired) electrons. The first-order valence-electron chi connectivity index (χ1n) is 7.38. The second-order valence-electron chi connectivity index (χ2n) is 5.65. The number of allylic oxidation sites excluding steroid dienone is 6. The summed E-state index contributed by atoms with van der Waals surface area (Å²) >= 11 is 0. The minimum absolute atomic E-state index is 0.879. The van der Waals surface area contributed by atoms with Gasteiger partial charge in [0, 0.05) is 0 Å². The molecule has 2 aliphatic carbocycles. The van der Waals surface area contributed by atoms with Gasteiger partial charge in [-0.15, -0.1) is 0 Å². The highest BCUT2D eigenvalue weighted by molar-refractivity contribution is 5.21. The normalized spacial score (nSPS) is 28.9. The minimum Gasteiger partial charge on any atom is -0.0882 e. The predicted octanol–water partition coefficient (Wildman–Crippen LogP) is 5.43. The van der Waals surface area contributed by atoms with Gasteiger partial charge in [-0.3, -0.25) is 0 Å². The highest BCUT2D eigenvalue weighted by Crippen LogP contribution is 2.32. The monoisotopic (exact) mass is 230 g/mol. The summed E-state index contributed by atoms with van der Waals surface area (Å²) in [5.41, 5.74) is 1.55. The van der Waals surface area contributed by atoms with E-state index in [1.807, 2.05) is 0 Å². The largest absolute Gasteiger partial charge is 0.0882 e. The lowest BCUT2D eigenvalue weighted by Crippen LogP contribution is -1.98. The van der Waals surface area contributed by atoms with Gasteiger partial charge in [0.15, 0.2) is 0 Å². The average Bonchev–Trinajstić information content (AvgIpc) is 2.76. The fraction of sp³-hybridized carbons (Fsp3) is 0.647. The van der Waals surface area contributed by atoms with Crippen molar-refractivity contribution in [1.82, 2.24) is 0 Å². The zero-order valence-corrected chi connectivity index (χ0v) is 11.2. The molecule has 2 atom stereocenters. The lowest BCUT2D eigenvalue weighted by atomic mass is 9.97. The van der Waals surface area contributed by atoms with Gasteiger partial charge >= 0.3 is 0 Å². The van der Waals surface area contributed by atoms with Crippen LogP contribution < -0.4 is 0 Å². The molecule has 17 heavy (non-hydrogen) atoms. The van der Waals surface area contributed by atoms with Crippen LogP contribution in [0.2, 0.25) is 0 Å². The smallest absolute Gasteiger partial charge is 0.0208 e. The third-order valence-electron chi connectivity index (χ3n) is 4.22. The van der Waals surface area contributed by atoms with Gasteiger partial charge in [0.2, 0.25) is 0 Å². The molecule has 0 aliphatic heterocycles. The lowest BCUT2D eigenvalue weighted by Gasteiger charge is -2.09. The summed E-state index contributed by atoms with van der Waals surface area (Å²) in [6.45, 7) is 2.40. The first-order chi connectivity index (χ1) is 8.36. The number of rotatable bonds is 5. The fourth-order valence-electron chi connectivity index (χ4n) is 3.01. The van der Waals surface area contributed by atoms with Crippen LogP contribution in [0.5, 0.6) is 0 Å². The quantitative estimate of drug-likeness (QED) is 0.436. The Kier molecular flexibility index (Phi) is 5.09. The van der Waals surface area contributed by atoms with E-state index in [4.69, 9.17) is 0 Å². The van der Waals surface area contributed by atoms with Gasteiger partial charge in [-0.2, -0.15) is 0 Å². The number of hydrogen-bond acceptors (Lipinski definition) is 0. The van der Waals surface area contributed by atoms with Gasteiger partial charge in [-0.1, -0.05) is 55.7 Å². The standard InChI is InChI=1S/C17H26/c1-15-9-8-14-17(15)13-7-3-6-12-16-10-4-2-5-11-16/h4,7,10-11,13,15,17H,2-3,5-6,8-9,12,14H2,1H3/b13-7+/t15-,17?/m0/s1. The topological polar surface area (TPSA) is 0 Å². The van der Waals surface area contributed by atoms with Crippen molar-refractivity contribution in [2.45, 2.75) is 58.3 Å². The summed E-state index contributed by atoms with van der Waals surface area (Å²) in [6.07, 6.45) is 22.6. The van der Waals surface area contributed by atoms with Crippen molar-refractivity contribution in [3.05, 3.63) is 36.0 Å². The third-order valence-corrected chi connectivity index (χ3v) is 4.22. The predicted molar refractivity (Wildman–Crippen MR) is 76.0 cm³/mol. The van der Waals surface area contributed by atoms with Crippen molar-refractivity contribution in [2.75, 3.05) is 0 Å². The highest BCUT2D eigenvalue weighted by atomic mass is 14.2. The SMILES string of the molecule is C[C@H]1CCCC1/C=C/CCCC1=CCCC=C1. The molecular weight excluding hydrogens is 204 g/mol. The maximum Gasteiger partial charge on any atom is -0.0208 e. The third kappa shape index (κ3) is 4.18. The van der Waals surface area contributed by atoms with E-state index in [1.54, 1.807) is 5.57 Å². The van der Waals surface area contributed by atoms with Crippen LogP contribution in [0.15, 0.2) is 36.0 Å². The zero-order chi connectivity index (χ0) is 11.9. The van der Waals surface area contributed by atoms with E-state index < -0.39 is 0 Å². The molecule has 0 saturated heterocycles. The Bertz CT molecular complexity index is 306. The highest BCUT2D eigenvalue weighted by Gasteiger charge is 2.19. The van der Waals surface area contributed by atoms with Crippen LogP contribution in [0.1, 0.15) is 58.3 Å². The van der Waals surface area contributed by atoms with Gasteiger partial charge < -0.3 is 0 Å². The Morgan fingerprint density at radius 2 is 2.24 bits per heavy atom. The molecular formula is C17H26. The molecule has 0 amide bonds. The van der Waals surface area contributed by atoms with E-state index in [0.717, 1.165) is 11.8 Å². The van der Waals surface area contributed by atoms with E-state index >= 15 is 0 Å². The van der Waals surface area contributed by atoms with Crippen molar-refractivity contribution in [3.8, 4) is 0 Å². The number of hydrogen-bond donors (Lipinski definition) is 0. The summed E-state index contributed by atoms with van der Waals surface area (Å²) in [6, 6.07) is 0. The first-order valence-corrected chi connectivity index (χ1v) is 7.38. The second-order valence-corrected chi connectivity index (χ2v) is 5.65. The molecule has 0 aromatic rings. The Hall–Kier alpha value is -0.780. The van der Waals surface area contributed by atoms with Crippen LogP contribution in [0.3, 0.4) is 0 Å². The number of unbranched alkanes of at least 4 members (excludes halogenated alkanes) is 1. The van der Waals surface area contributed by atoms with Crippen molar-refractivity contribution in [3.63, 3.8) is 0 Å². The van der Waals surface area contributed by atoms with E-state index in [2.05, 4.69) is 37.3 Å². The zero-order valence-electron chi connectivity index (χ0n) is 11.2. The molecule has 0 bridgehead atoms. The Morgan fingerprint density at radius 1 is 1.29 bits per heavy atom. The molecule has 2 aliphatic rings. The van der Waals surface area contributed by atoms with Crippen LogP contribution in [0.4, 0.5) is 0 Å². The van der Waals surface area contributed by atoms with E-state index in [0.29, 0.717) is 0 Å². The van der Waals surface area contributed by atoms with Crippen molar-refractivity contribution in [2.24, 2.45) is 11.8 Å². The molecule has 0 heteroatoms. The molecule has 1 fully saturated rings. The van der Waals surface area contributed by atoms with E-state index in [9.17, 15) is 0 Å². The van der Waals surface area contributed by atoms with Crippen LogP contribution in [-0.4, -0.2) is 0 Å². The minimum atomic E-state index is 0.879. The lowest BCUT2D eigenvalue weighted by molar-refractivity contribution is 0.502. The molecule has 0 aromatic heterocycles. The second kappa shape index (κ2) is 6.83. The summed E-state index contributed by atoms with van der Waals surface area (Å²) in [4.78, 5) is 0. The molecule has 94 valence electrons. The summed E-state index contributed by atoms with van der Waals surface area (Å²) in [5, 5.41) is 0. The van der Waals surface area contributed by atoms with Crippen LogP contribution >= 0.6 is 0 Å². The molecule has 2 rings (SSSR count). The van der Waals surface area contributed by atoms with Crippen LogP contribution in [-0.2, 0) is 0 Å². The first kappa shape index (κ1) is 12.7. The summed E-state index contributed by atoms with van der Waals surface area (Å²) in [5.74, 6) is 1.80. The van der Waals surface area contributed by atoms with Crippen LogP contribution in [0, 0.1) is 11.8 Å². The van der Waals surface area contributed by atoms with Gasteiger partial charge in [0.05, 0.1) is 0 Å². The molecule has 0 heterocycles. The van der Waals surface area contributed by atoms with E-state index in [-0.39, 0.29) is 0 Å². The van der Waals surface area contributed by atoms with Crippen molar-refractivity contribution < 1.29 is 0 Å². The van der Waals surface area contributed by atoms with Gasteiger partial charge in [-0.05, 0) is 50.4 Å². The Balaban J connectivity index is 1.61. The molecule has 1 saturated carbocycles. The maximum absolute atomic E-state index is 2.49. The van der Waals surface area contributed by atoms with Gasteiger partial charge in [-0.25, -0.2) is 0 Å². The molecule has 0 aromatic carbocycles. The Morgan fingerprint density at radius 3 is 2.94 bits per heavy atom. The van der Waals surface area contributed by atoms with Crippen LogP contribution in [0.25, 0.3) is 0 Å². The Labute approximate surface area is 106 Å². The van der Waals surface area contributed by atoms with Gasteiger partial charge in [0.25, 0.3) is 0 Å².